The Balaban J connectivity index is 1.90. The van der Waals surface area contributed by atoms with Crippen molar-refractivity contribution in [2.24, 2.45) is 5.41 Å². The lowest BCUT2D eigenvalue weighted by Gasteiger charge is -2.42. The number of alkyl halides is 3. The van der Waals surface area contributed by atoms with Crippen LogP contribution in [0.15, 0.2) is 48.8 Å². The smallest absolute Gasteiger partial charge is 0.416 e. The summed E-state index contributed by atoms with van der Waals surface area (Å²) in [5.74, 6) is -1.76. The summed E-state index contributed by atoms with van der Waals surface area (Å²) in [6.07, 6.45) is -1.34. The van der Waals surface area contributed by atoms with Gasteiger partial charge in [-0.2, -0.15) is 23.4 Å². The van der Waals surface area contributed by atoms with Gasteiger partial charge in [-0.1, -0.05) is 46.2 Å². The van der Waals surface area contributed by atoms with E-state index in [0.717, 1.165) is 17.0 Å². The van der Waals surface area contributed by atoms with Crippen LogP contribution >= 0.6 is 0 Å². The van der Waals surface area contributed by atoms with Crippen LogP contribution in [0.5, 0.6) is 0 Å². The molecule has 0 aliphatic rings. The molecular formula is C27H33F3N6O4. The molecule has 3 N–H and O–H groups in total. The maximum Gasteiger partial charge on any atom is 0.416 e. The van der Waals surface area contributed by atoms with Crippen LogP contribution < -0.4 is 5.32 Å². The predicted molar refractivity (Wildman–Crippen MR) is 141 cm³/mol. The molecule has 0 aliphatic carbocycles. The van der Waals surface area contributed by atoms with Gasteiger partial charge in [-0.15, -0.1) is 0 Å². The summed E-state index contributed by atoms with van der Waals surface area (Å²) in [6.45, 7) is 7.22. The van der Waals surface area contributed by atoms with Gasteiger partial charge in [-0.25, -0.2) is 4.79 Å². The Kier molecular flexibility index (Phi) is 9.38. The molecule has 2 atom stereocenters. The third-order valence-corrected chi connectivity index (χ3v) is 6.76. The normalized spacial score (nSPS) is 13.5. The number of benzene rings is 1. The van der Waals surface area contributed by atoms with Crippen LogP contribution in [0.1, 0.15) is 52.5 Å². The van der Waals surface area contributed by atoms with Gasteiger partial charge in [0.1, 0.15) is 6.04 Å². The maximum atomic E-state index is 13.5. The quantitative estimate of drug-likeness (QED) is 0.251. The van der Waals surface area contributed by atoms with Crippen LogP contribution in [-0.2, 0) is 22.3 Å². The van der Waals surface area contributed by atoms with Crippen LogP contribution in [0.3, 0.4) is 0 Å². The van der Waals surface area contributed by atoms with E-state index in [1.165, 1.54) is 29.1 Å². The topological polar surface area (TPSA) is 133 Å². The number of hydrogen-bond donors (Lipinski definition) is 3. The van der Waals surface area contributed by atoms with E-state index in [1.807, 2.05) is 6.92 Å². The third-order valence-electron chi connectivity index (χ3n) is 6.76. The molecule has 1 aromatic carbocycles. The molecule has 40 heavy (non-hydrogen) atoms. The molecule has 0 radical (unpaired) electrons. The van der Waals surface area contributed by atoms with E-state index in [-0.39, 0.29) is 12.4 Å². The van der Waals surface area contributed by atoms with Crippen molar-refractivity contribution in [3.05, 3.63) is 54.4 Å². The highest BCUT2D eigenvalue weighted by Crippen LogP contribution is 2.34. The molecule has 3 rings (SSSR count). The Hall–Kier alpha value is -4.16. The van der Waals surface area contributed by atoms with Crippen molar-refractivity contribution in [2.75, 3.05) is 5.32 Å². The lowest BCUT2D eigenvalue weighted by molar-refractivity contribution is -0.141. The van der Waals surface area contributed by atoms with Crippen LogP contribution in [0.2, 0.25) is 0 Å². The van der Waals surface area contributed by atoms with Crippen LogP contribution in [0.25, 0.3) is 11.3 Å². The number of aromatic amines is 1. The molecule has 0 saturated heterocycles. The number of H-pyrrole nitrogens is 1. The van der Waals surface area contributed by atoms with Gasteiger partial charge in [0.15, 0.2) is 5.82 Å². The highest BCUT2D eigenvalue weighted by atomic mass is 19.4. The van der Waals surface area contributed by atoms with Crippen molar-refractivity contribution >= 4 is 23.6 Å². The van der Waals surface area contributed by atoms with Gasteiger partial charge in [0.2, 0.25) is 5.78 Å². The first-order valence-corrected chi connectivity index (χ1v) is 12.9. The Labute approximate surface area is 229 Å². The molecule has 2 aromatic heterocycles. The lowest BCUT2D eigenvalue weighted by atomic mass is 9.76. The zero-order valence-corrected chi connectivity index (χ0v) is 22.7. The first kappa shape index (κ1) is 30.4. The molecule has 216 valence electrons. The summed E-state index contributed by atoms with van der Waals surface area (Å²) in [6, 6.07) is 5.59. The fourth-order valence-corrected chi connectivity index (χ4v) is 4.83. The van der Waals surface area contributed by atoms with E-state index in [0.29, 0.717) is 30.5 Å². The average Bonchev–Trinajstić information content (AvgIpc) is 3.57. The molecule has 0 saturated carbocycles. The first-order valence-electron chi connectivity index (χ1n) is 12.9. The molecule has 2 amide bonds. The number of hydrogen-bond acceptors (Lipinski definition) is 5. The van der Waals surface area contributed by atoms with Crippen molar-refractivity contribution in [3.63, 3.8) is 0 Å². The molecule has 10 nitrogen and oxygen atoms in total. The summed E-state index contributed by atoms with van der Waals surface area (Å²) < 4.78 is 40.2. The molecule has 2 heterocycles. The number of anilines is 1. The zero-order valence-electron chi connectivity index (χ0n) is 22.7. The van der Waals surface area contributed by atoms with E-state index in [2.05, 4.69) is 20.6 Å². The number of nitrogens with one attached hydrogen (secondary N) is 2. The highest BCUT2D eigenvalue weighted by molar-refractivity contribution is 6.42. The summed E-state index contributed by atoms with van der Waals surface area (Å²) in [5, 5.41) is 23.5. The largest absolute Gasteiger partial charge is 0.465 e. The van der Waals surface area contributed by atoms with E-state index in [9.17, 15) is 32.7 Å². The molecule has 0 bridgehead atoms. The Bertz CT molecular complexity index is 1300. The van der Waals surface area contributed by atoms with Crippen molar-refractivity contribution < 1.29 is 32.7 Å². The highest BCUT2D eigenvalue weighted by Gasteiger charge is 2.46. The summed E-state index contributed by atoms with van der Waals surface area (Å²) in [7, 11) is 0. The number of carboxylic acid groups (broad SMARTS) is 1. The Morgan fingerprint density at radius 1 is 1.10 bits per heavy atom. The van der Waals surface area contributed by atoms with Gasteiger partial charge < -0.3 is 10.4 Å². The Morgan fingerprint density at radius 3 is 2.30 bits per heavy atom. The zero-order chi connectivity index (χ0) is 29.7. The molecule has 0 spiro atoms. The molecule has 3 aromatic rings. The number of carbonyl (C=O) groups excluding carboxylic acids is 2. The van der Waals surface area contributed by atoms with E-state index < -0.39 is 47.0 Å². The number of nitrogens with zero attached hydrogens (tertiary/aromatic N) is 4. The minimum absolute atomic E-state index is 0.0520. The number of rotatable bonds is 12. The standard InChI is InChI=1S/C27H33F3N6O4/c1-5-13-26(3,4)23(22(37)24(38)32-21-11-14-31-33-21)36(25(39)40)19(6-2)16-35-15-12-20(34-35)17-7-9-18(10-8-17)27(28,29)30/h7-12,14-15,19,23H,5-6,13,16H2,1-4H3,(H,39,40)(H2,31,32,33,38)/t19-,23-/m1/s1. The lowest BCUT2D eigenvalue weighted by Crippen LogP contribution is -2.59. The second kappa shape index (κ2) is 12.3. The van der Waals surface area contributed by atoms with Gasteiger partial charge in [-0.05, 0) is 36.5 Å². The van der Waals surface area contributed by atoms with Crippen LogP contribution in [-0.4, -0.2) is 59.9 Å². The fourth-order valence-electron chi connectivity index (χ4n) is 4.83. The van der Waals surface area contributed by atoms with Crippen LogP contribution in [0, 0.1) is 5.41 Å². The van der Waals surface area contributed by atoms with Gasteiger partial charge >= 0.3 is 12.3 Å². The number of halogens is 3. The van der Waals surface area contributed by atoms with Crippen molar-refractivity contribution in [1.29, 1.82) is 0 Å². The number of ketones is 1. The second-order valence-corrected chi connectivity index (χ2v) is 10.2. The summed E-state index contributed by atoms with van der Waals surface area (Å²) in [5.41, 5.74) is -0.804. The van der Waals surface area contributed by atoms with Gasteiger partial charge in [0, 0.05) is 24.0 Å². The second-order valence-electron chi connectivity index (χ2n) is 10.2. The number of carbonyl (C=O) groups is 3. The fraction of sp³-hybridized carbons (Fsp3) is 0.444. The average molecular weight is 563 g/mol. The van der Waals surface area contributed by atoms with Crippen molar-refractivity contribution in [1.82, 2.24) is 24.9 Å². The van der Waals surface area contributed by atoms with E-state index >= 15 is 0 Å². The SMILES string of the molecule is CCCC(C)(C)[C@@H](C(=O)C(=O)Nc1cc[nH]n1)N(C(=O)O)[C@H](CC)Cn1ccc(-c2ccc(C(F)(F)F)cc2)n1. The van der Waals surface area contributed by atoms with Crippen molar-refractivity contribution in [2.45, 2.75) is 71.8 Å². The predicted octanol–water partition coefficient (Wildman–Crippen LogP) is 5.45. The number of aromatic nitrogens is 4. The summed E-state index contributed by atoms with van der Waals surface area (Å²) >= 11 is 0. The van der Waals surface area contributed by atoms with E-state index in [1.54, 1.807) is 33.0 Å². The van der Waals surface area contributed by atoms with Gasteiger partial charge in [0.05, 0.1) is 23.8 Å². The molecular weight excluding hydrogens is 529 g/mol. The van der Waals surface area contributed by atoms with Crippen LogP contribution in [0.4, 0.5) is 23.8 Å². The van der Waals surface area contributed by atoms with Gasteiger partial charge in [0.25, 0.3) is 5.91 Å². The molecule has 13 heteroatoms. The maximum absolute atomic E-state index is 13.5. The Morgan fingerprint density at radius 2 is 1.77 bits per heavy atom. The molecule has 0 unspecified atom stereocenters. The minimum Gasteiger partial charge on any atom is -0.465 e. The minimum atomic E-state index is -4.46. The first-order chi connectivity index (χ1) is 18.8. The number of Topliss-reactive ketones (excluding diaryl/α,β-unsaturated/α-hetero) is 1. The number of amides is 2. The molecule has 0 fully saturated rings. The van der Waals surface area contributed by atoms with E-state index in [4.69, 9.17) is 0 Å². The third kappa shape index (κ3) is 7.07. The monoisotopic (exact) mass is 562 g/mol. The van der Waals surface area contributed by atoms with Gasteiger partial charge in [-0.3, -0.25) is 24.3 Å². The molecule has 0 aliphatic heterocycles. The summed E-state index contributed by atoms with van der Waals surface area (Å²) in [4.78, 5) is 40.2. The van der Waals surface area contributed by atoms with Crippen molar-refractivity contribution in [3.8, 4) is 11.3 Å².